The second kappa shape index (κ2) is 14.8. The van der Waals surface area contributed by atoms with Gasteiger partial charge in [0.05, 0.1) is 35.2 Å². The molecule has 0 fully saturated rings. The van der Waals surface area contributed by atoms with Gasteiger partial charge in [-0.2, -0.15) is 0 Å². The molecule has 4 aromatic rings. The van der Waals surface area contributed by atoms with E-state index in [9.17, 15) is 40.0 Å². The molecule has 14 heteroatoms. The molecule has 4 rings (SSSR count). The van der Waals surface area contributed by atoms with Crippen LogP contribution in [0, 0.1) is 20.2 Å². The average Bonchev–Trinajstić information content (AvgIpc) is 3.03. The van der Waals surface area contributed by atoms with E-state index in [2.05, 4.69) is 0 Å². The minimum Gasteiger partial charge on any atom is -0.489 e. The number of hydrogen-bond donors (Lipinski definition) is 2. The summed E-state index contributed by atoms with van der Waals surface area (Å²) in [4.78, 5) is 44.8. The number of hydrogen-bond acceptors (Lipinski definition) is 10. The van der Waals surface area contributed by atoms with Crippen molar-refractivity contribution in [3.05, 3.63) is 127 Å². The van der Waals surface area contributed by atoms with Crippen LogP contribution in [0.3, 0.4) is 0 Å². The van der Waals surface area contributed by atoms with Crippen LogP contribution in [-0.2, 0) is 13.2 Å². The molecule has 4 aromatic carbocycles. The first kappa shape index (κ1) is 31.7. The van der Waals surface area contributed by atoms with Gasteiger partial charge in [0.2, 0.25) is 0 Å². The highest BCUT2D eigenvalue weighted by Gasteiger charge is 2.26. The Labute approximate surface area is 255 Å². The molecule has 45 heavy (non-hydrogen) atoms. The minimum absolute atomic E-state index is 0.0285. The van der Waals surface area contributed by atoms with Crippen molar-refractivity contribution in [3.8, 4) is 23.0 Å². The predicted molar refractivity (Wildman–Crippen MR) is 157 cm³/mol. The lowest BCUT2D eigenvalue weighted by Gasteiger charge is -2.15. The Morgan fingerprint density at radius 2 is 0.933 bits per heavy atom. The number of benzene rings is 4. The van der Waals surface area contributed by atoms with Crippen LogP contribution in [0.1, 0.15) is 38.3 Å². The third kappa shape index (κ3) is 8.44. The zero-order chi connectivity index (χ0) is 32.3. The van der Waals surface area contributed by atoms with E-state index in [1.807, 2.05) is 12.1 Å². The van der Waals surface area contributed by atoms with Gasteiger partial charge in [0.1, 0.15) is 24.3 Å². The van der Waals surface area contributed by atoms with Crippen LogP contribution in [0.25, 0.3) is 0 Å². The number of nitro groups is 2. The number of carbonyl (C=O) groups is 2. The van der Waals surface area contributed by atoms with Crippen LogP contribution >= 0.6 is 0 Å². The molecule has 0 heterocycles. The summed E-state index contributed by atoms with van der Waals surface area (Å²) in [6, 6.07) is 21.9. The molecular formula is C31H26N2O12. The Balaban J connectivity index is 1.49. The van der Waals surface area contributed by atoms with Gasteiger partial charge in [-0.05, 0) is 11.1 Å². The molecular weight excluding hydrogens is 592 g/mol. The van der Waals surface area contributed by atoms with E-state index in [1.54, 1.807) is 48.5 Å². The first-order valence-corrected chi connectivity index (χ1v) is 13.3. The average molecular weight is 619 g/mol. The maximum absolute atomic E-state index is 11.7. The number of aromatic carboxylic acids is 2. The molecule has 232 valence electrons. The van der Waals surface area contributed by atoms with Crippen molar-refractivity contribution in [2.24, 2.45) is 0 Å². The SMILES string of the molecule is O=C(O)c1cc(OCc2ccccc2)c(OCCCOc2cc([N+](=O)[O-])c(C(=O)O)cc2OCc2ccccc2)cc1[N+](=O)[O-]. The molecule has 0 bridgehead atoms. The van der Waals surface area contributed by atoms with Gasteiger partial charge in [0, 0.05) is 18.6 Å². The smallest absolute Gasteiger partial charge is 0.342 e. The van der Waals surface area contributed by atoms with Gasteiger partial charge in [0.25, 0.3) is 11.4 Å². The zero-order valence-electron chi connectivity index (χ0n) is 23.5. The number of nitrogens with zero attached hydrogens (tertiary/aromatic N) is 2. The van der Waals surface area contributed by atoms with Crippen molar-refractivity contribution in [2.75, 3.05) is 13.2 Å². The molecule has 0 aliphatic rings. The fourth-order valence-electron chi connectivity index (χ4n) is 4.09. The molecule has 2 N–H and O–H groups in total. The summed E-state index contributed by atoms with van der Waals surface area (Å²) >= 11 is 0. The van der Waals surface area contributed by atoms with Crippen LogP contribution in [0.15, 0.2) is 84.9 Å². The molecule has 0 saturated heterocycles. The van der Waals surface area contributed by atoms with Gasteiger partial charge in [-0.3, -0.25) is 20.2 Å². The van der Waals surface area contributed by atoms with E-state index >= 15 is 0 Å². The van der Waals surface area contributed by atoms with Crippen LogP contribution in [0.5, 0.6) is 23.0 Å². The van der Waals surface area contributed by atoms with E-state index in [0.717, 1.165) is 35.4 Å². The molecule has 0 saturated carbocycles. The highest BCUT2D eigenvalue weighted by Crippen LogP contribution is 2.37. The topological polar surface area (TPSA) is 198 Å². The second-order valence-electron chi connectivity index (χ2n) is 9.36. The van der Waals surface area contributed by atoms with E-state index in [0.29, 0.717) is 0 Å². The van der Waals surface area contributed by atoms with Gasteiger partial charge in [-0.1, -0.05) is 60.7 Å². The number of carboxylic acid groups (broad SMARTS) is 2. The molecule has 0 aliphatic heterocycles. The molecule has 0 aromatic heterocycles. The summed E-state index contributed by atoms with van der Waals surface area (Å²) in [5, 5.41) is 42.1. The van der Waals surface area contributed by atoms with Gasteiger partial charge in [0.15, 0.2) is 23.0 Å². The maximum Gasteiger partial charge on any atom is 0.342 e. The van der Waals surface area contributed by atoms with Crippen molar-refractivity contribution in [2.45, 2.75) is 19.6 Å². The zero-order valence-corrected chi connectivity index (χ0v) is 23.5. The number of nitro benzene ring substituents is 2. The quantitative estimate of drug-likeness (QED) is 0.0857. The van der Waals surface area contributed by atoms with Crippen molar-refractivity contribution >= 4 is 23.3 Å². The lowest BCUT2D eigenvalue weighted by molar-refractivity contribution is -0.385. The highest BCUT2D eigenvalue weighted by molar-refractivity contribution is 5.94. The number of rotatable bonds is 16. The standard InChI is InChI=1S/C31H26N2O12/c34-30(35)22-14-26(44-18-20-8-3-1-4-9-20)28(16-24(22)32(38)39)42-12-7-13-43-29-17-25(33(40)41)23(31(36)37)15-27(29)45-19-21-10-5-2-6-11-21/h1-6,8-11,14-17H,7,12-13,18-19H2,(H,34,35)(H,36,37). The Hall–Kier alpha value is -6.18. The number of carboxylic acids is 2. The molecule has 0 aliphatic carbocycles. The Morgan fingerprint density at radius 1 is 0.578 bits per heavy atom. The van der Waals surface area contributed by atoms with Crippen LogP contribution in [-0.4, -0.2) is 45.2 Å². The normalized spacial score (nSPS) is 10.5. The first-order valence-electron chi connectivity index (χ1n) is 13.3. The van der Waals surface area contributed by atoms with E-state index in [-0.39, 0.29) is 55.8 Å². The molecule has 0 radical (unpaired) electrons. The van der Waals surface area contributed by atoms with Gasteiger partial charge in [-0.25, -0.2) is 9.59 Å². The summed E-state index contributed by atoms with van der Waals surface area (Å²) in [6.45, 7) is -0.0936. The van der Waals surface area contributed by atoms with Crippen LogP contribution < -0.4 is 18.9 Å². The Bertz CT molecular complexity index is 1570. The Morgan fingerprint density at radius 3 is 1.27 bits per heavy atom. The fourth-order valence-corrected chi connectivity index (χ4v) is 4.09. The summed E-state index contributed by atoms with van der Waals surface area (Å²) in [5.74, 6) is -3.23. The van der Waals surface area contributed by atoms with Crippen LogP contribution in [0.2, 0.25) is 0 Å². The minimum atomic E-state index is -1.51. The van der Waals surface area contributed by atoms with Crippen molar-refractivity contribution in [1.29, 1.82) is 0 Å². The largest absolute Gasteiger partial charge is 0.489 e. The van der Waals surface area contributed by atoms with Gasteiger partial charge < -0.3 is 29.2 Å². The highest BCUT2D eigenvalue weighted by atomic mass is 16.6. The summed E-state index contributed by atoms with van der Waals surface area (Å²) in [5.41, 5.74) is -0.999. The lowest BCUT2D eigenvalue weighted by atomic mass is 10.1. The van der Waals surface area contributed by atoms with Gasteiger partial charge in [-0.15, -0.1) is 0 Å². The van der Waals surface area contributed by atoms with E-state index in [4.69, 9.17) is 18.9 Å². The van der Waals surface area contributed by atoms with Crippen LogP contribution in [0.4, 0.5) is 11.4 Å². The fraction of sp³-hybridized carbons (Fsp3) is 0.161. The first-order chi connectivity index (χ1) is 21.6. The summed E-state index contributed by atoms with van der Waals surface area (Å²) < 4.78 is 22.9. The van der Waals surface area contributed by atoms with Gasteiger partial charge >= 0.3 is 11.9 Å². The maximum atomic E-state index is 11.7. The number of ether oxygens (including phenoxy) is 4. The monoisotopic (exact) mass is 618 g/mol. The molecule has 0 atom stereocenters. The van der Waals surface area contributed by atoms with Crippen molar-refractivity contribution in [1.82, 2.24) is 0 Å². The third-order valence-electron chi connectivity index (χ3n) is 6.26. The molecule has 0 unspecified atom stereocenters. The van der Waals surface area contributed by atoms with E-state index < -0.39 is 44.3 Å². The molecule has 0 amide bonds. The van der Waals surface area contributed by atoms with Crippen molar-refractivity contribution in [3.63, 3.8) is 0 Å². The third-order valence-corrected chi connectivity index (χ3v) is 6.26. The second-order valence-corrected chi connectivity index (χ2v) is 9.36. The van der Waals surface area contributed by atoms with E-state index in [1.165, 1.54) is 0 Å². The summed E-state index contributed by atoms with van der Waals surface area (Å²) in [6.07, 6.45) is 0.152. The predicted octanol–water partition coefficient (Wildman–Crippen LogP) is 5.91. The molecule has 14 nitrogen and oxygen atoms in total. The Kier molecular flexibility index (Phi) is 10.5. The summed E-state index contributed by atoms with van der Waals surface area (Å²) in [7, 11) is 0. The van der Waals surface area contributed by atoms with Crippen molar-refractivity contribution < 1.29 is 48.6 Å². The molecule has 0 spiro atoms. The lowest BCUT2D eigenvalue weighted by Crippen LogP contribution is -2.10.